The second-order valence-electron chi connectivity index (χ2n) is 15.4. The van der Waals surface area contributed by atoms with Gasteiger partial charge in [0.1, 0.15) is 11.2 Å². The molecule has 2 heteroatoms. The summed E-state index contributed by atoms with van der Waals surface area (Å²) in [5.74, 6) is 0. The van der Waals surface area contributed by atoms with Gasteiger partial charge in [0.15, 0.2) is 11.2 Å². The number of fused-ring (bicyclic) bond motifs is 13. The molecule has 13 rings (SSSR count). The average Bonchev–Trinajstić information content (AvgIpc) is 3.87. The van der Waals surface area contributed by atoms with Gasteiger partial charge < -0.3 is 8.83 Å². The van der Waals surface area contributed by atoms with Gasteiger partial charge in [-0.3, -0.25) is 0 Å². The highest BCUT2D eigenvalue weighted by Gasteiger charge is 2.24. The minimum Gasteiger partial charge on any atom is -0.452 e. The summed E-state index contributed by atoms with van der Waals surface area (Å²) in [7, 11) is 0. The number of furan rings is 2. The lowest BCUT2D eigenvalue weighted by atomic mass is 9.83. The number of benzene rings is 11. The van der Waals surface area contributed by atoms with Crippen LogP contribution in [-0.4, -0.2) is 0 Å². The zero-order chi connectivity index (χ0) is 37.9. The van der Waals surface area contributed by atoms with Crippen molar-refractivity contribution in [3.8, 4) is 33.4 Å². The van der Waals surface area contributed by atoms with Gasteiger partial charge in [-0.25, -0.2) is 0 Å². The predicted molar refractivity (Wildman–Crippen MR) is 245 cm³/mol. The fourth-order valence-electron chi connectivity index (χ4n) is 9.96. The molecule has 0 saturated heterocycles. The standard InChI is InChI=1S/C56H32O2/c1-3-17-35-33(14-1)16-13-26-40(35)51-41-21-7-9-23-43(41)52(44-24-10-8-22-42(44)51)45-31-30-39(37-19-5-6-20-38(37)45)48-32-49-46-29-28-34-15-2-4-18-36(34)54(46)58-55(49)56-53(48)47-25-11-12-27-50(47)57-56/h1-32H. The van der Waals surface area contributed by atoms with Crippen LogP contribution in [0.1, 0.15) is 0 Å². The third kappa shape index (κ3) is 4.32. The zero-order valence-electron chi connectivity index (χ0n) is 31.3. The molecular formula is C56H32O2. The Bertz CT molecular complexity index is 3800. The molecule has 0 aliphatic rings. The smallest absolute Gasteiger partial charge is 0.179 e. The predicted octanol–water partition coefficient (Wildman–Crippen LogP) is 16.3. The molecule has 2 nitrogen and oxygen atoms in total. The fourth-order valence-corrected chi connectivity index (χ4v) is 9.96. The summed E-state index contributed by atoms with van der Waals surface area (Å²) < 4.78 is 13.6. The van der Waals surface area contributed by atoms with Gasteiger partial charge in [-0.2, -0.15) is 0 Å². The molecule has 0 radical (unpaired) electrons. The molecule has 0 amide bonds. The Labute approximate surface area is 332 Å². The van der Waals surface area contributed by atoms with Crippen molar-refractivity contribution in [3.63, 3.8) is 0 Å². The molecule has 0 unspecified atom stereocenters. The lowest BCUT2D eigenvalue weighted by Gasteiger charge is -2.20. The fraction of sp³-hybridized carbons (Fsp3) is 0. The molecule has 0 bridgehead atoms. The van der Waals surface area contributed by atoms with Crippen LogP contribution >= 0.6 is 0 Å². The first-order valence-corrected chi connectivity index (χ1v) is 19.9. The van der Waals surface area contributed by atoms with E-state index in [2.05, 4.69) is 188 Å². The molecule has 0 fully saturated rings. The number of rotatable bonds is 3. The zero-order valence-corrected chi connectivity index (χ0v) is 31.3. The molecule has 0 spiro atoms. The van der Waals surface area contributed by atoms with E-state index >= 15 is 0 Å². The van der Waals surface area contributed by atoms with E-state index in [4.69, 9.17) is 8.83 Å². The Morgan fingerprint density at radius 2 is 0.741 bits per heavy atom. The van der Waals surface area contributed by atoms with Crippen LogP contribution in [0.5, 0.6) is 0 Å². The Kier molecular flexibility index (Phi) is 6.47. The molecule has 11 aromatic carbocycles. The molecule has 0 aliphatic heterocycles. The quantitative estimate of drug-likeness (QED) is 0.169. The van der Waals surface area contributed by atoms with Crippen molar-refractivity contribution >= 4 is 97.7 Å². The lowest BCUT2D eigenvalue weighted by Crippen LogP contribution is -1.93. The molecule has 0 saturated carbocycles. The molecule has 0 aliphatic carbocycles. The van der Waals surface area contributed by atoms with E-state index in [1.165, 1.54) is 65.3 Å². The Hall–Kier alpha value is -7.68. The van der Waals surface area contributed by atoms with Crippen LogP contribution in [0.3, 0.4) is 0 Å². The first-order chi connectivity index (χ1) is 28.8. The van der Waals surface area contributed by atoms with Crippen molar-refractivity contribution < 1.29 is 8.83 Å². The second-order valence-corrected chi connectivity index (χ2v) is 15.4. The van der Waals surface area contributed by atoms with Crippen molar-refractivity contribution in [2.45, 2.75) is 0 Å². The first kappa shape index (κ1) is 31.5. The molecular weight excluding hydrogens is 705 g/mol. The Morgan fingerprint density at radius 3 is 1.43 bits per heavy atom. The summed E-state index contributed by atoms with van der Waals surface area (Å²) in [5.41, 5.74) is 10.6. The SMILES string of the molecule is c1ccc2c(-c3c4ccccc4c(-c4ccc(-c5cc6c7ccc8ccccc8c7oc6c6oc7ccccc7c56)c5ccccc45)c4ccccc34)cccc2c1. The van der Waals surface area contributed by atoms with Crippen LogP contribution in [0.2, 0.25) is 0 Å². The van der Waals surface area contributed by atoms with Crippen molar-refractivity contribution in [3.05, 3.63) is 194 Å². The van der Waals surface area contributed by atoms with Gasteiger partial charge in [0.05, 0.1) is 0 Å². The highest BCUT2D eigenvalue weighted by molar-refractivity contribution is 6.29. The molecule has 268 valence electrons. The van der Waals surface area contributed by atoms with Crippen molar-refractivity contribution in [1.82, 2.24) is 0 Å². The van der Waals surface area contributed by atoms with E-state index in [1.54, 1.807) is 0 Å². The van der Waals surface area contributed by atoms with Gasteiger partial charge in [-0.1, -0.05) is 176 Å². The van der Waals surface area contributed by atoms with E-state index in [0.717, 1.165) is 65.8 Å². The largest absolute Gasteiger partial charge is 0.452 e. The van der Waals surface area contributed by atoms with Crippen LogP contribution < -0.4 is 0 Å². The van der Waals surface area contributed by atoms with Gasteiger partial charge in [-0.05, 0) is 100 Å². The maximum Gasteiger partial charge on any atom is 0.179 e. The Balaban J connectivity index is 1.13. The molecule has 0 N–H and O–H groups in total. The van der Waals surface area contributed by atoms with Crippen molar-refractivity contribution in [2.24, 2.45) is 0 Å². The van der Waals surface area contributed by atoms with E-state index in [1.807, 2.05) is 6.07 Å². The monoisotopic (exact) mass is 736 g/mol. The maximum absolute atomic E-state index is 6.82. The third-order valence-corrected chi connectivity index (χ3v) is 12.5. The highest BCUT2D eigenvalue weighted by Crippen LogP contribution is 2.50. The van der Waals surface area contributed by atoms with Gasteiger partial charge >= 0.3 is 0 Å². The number of hydrogen-bond acceptors (Lipinski definition) is 2. The van der Waals surface area contributed by atoms with Gasteiger partial charge in [0.25, 0.3) is 0 Å². The van der Waals surface area contributed by atoms with Crippen LogP contribution in [0, 0.1) is 0 Å². The van der Waals surface area contributed by atoms with Gasteiger partial charge in [0, 0.05) is 26.9 Å². The highest BCUT2D eigenvalue weighted by atomic mass is 16.4. The molecule has 2 heterocycles. The molecule has 0 atom stereocenters. The summed E-state index contributed by atoms with van der Waals surface area (Å²) in [6.07, 6.45) is 0. The number of para-hydroxylation sites is 1. The average molecular weight is 737 g/mol. The van der Waals surface area contributed by atoms with Crippen LogP contribution in [-0.2, 0) is 0 Å². The van der Waals surface area contributed by atoms with E-state index in [0.29, 0.717) is 0 Å². The molecule has 58 heavy (non-hydrogen) atoms. The van der Waals surface area contributed by atoms with Crippen molar-refractivity contribution in [1.29, 1.82) is 0 Å². The van der Waals surface area contributed by atoms with Gasteiger partial charge in [0.2, 0.25) is 0 Å². The van der Waals surface area contributed by atoms with Crippen LogP contribution in [0.4, 0.5) is 0 Å². The van der Waals surface area contributed by atoms with Crippen LogP contribution in [0.25, 0.3) is 131 Å². The summed E-state index contributed by atoms with van der Waals surface area (Å²) in [6.45, 7) is 0. The summed E-state index contributed by atoms with van der Waals surface area (Å²) in [5, 5.41) is 16.4. The third-order valence-electron chi connectivity index (χ3n) is 12.5. The summed E-state index contributed by atoms with van der Waals surface area (Å²) >= 11 is 0. The minimum atomic E-state index is 0.781. The van der Waals surface area contributed by atoms with Gasteiger partial charge in [-0.15, -0.1) is 0 Å². The lowest BCUT2D eigenvalue weighted by molar-refractivity contribution is 0.635. The second kappa shape index (κ2) is 11.9. The molecule has 2 aromatic heterocycles. The van der Waals surface area contributed by atoms with E-state index < -0.39 is 0 Å². The normalized spacial score (nSPS) is 12.1. The van der Waals surface area contributed by atoms with E-state index in [9.17, 15) is 0 Å². The Morgan fingerprint density at radius 1 is 0.241 bits per heavy atom. The van der Waals surface area contributed by atoms with Crippen LogP contribution in [0.15, 0.2) is 203 Å². The topological polar surface area (TPSA) is 26.3 Å². The summed E-state index contributed by atoms with van der Waals surface area (Å²) in [6, 6.07) is 70.4. The minimum absolute atomic E-state index is 0.781. The number of hydrogen-bond donors (Lipinski definition) is 0. The first-order valence-electron chi connectivity index (χ1n) is 19.9. The summed E-state index contributed by atoms with van der Waals surface area (Å²) in [4.78, 5) is 0. The van der Waals surface area contributed by atoms with E-state index in [-0.39, 0.29) is 0 Å². The van der Waals surface area contributed by atoms with Crippen molar-refractivity contribution in [2.75, 3.05) is 0 Å². The molecule has 13 aromatic rings. The maximum atomic E-state index is 6.82.